The number of methoxy groups -OCH3 is 1. The number of ether oxygens (including phenoxy) is 1. The fourth-order valence-corrected chi connectivity index (χ4v) is 4.63. The molecular weight excluding hydrogens is 368 g/mol. The molecule has 1 aliphatic rings. The molecule has 0 radical (unpaired) electrons. The molecule has 2 N–H and O–H groups in total. The number of hydrogen-bond acceptors (Lipinski definition) is 7. The van der Waals surface area contributed by atoms with Gasteiger partial charge in [0.2, 0.25) is 11.0 Å². The van der Waals surface area contributed by atoms with Crippen molar-refractivity contribution in [2.45, 2.75) is 43.0 Å². The van der Waals surface area contributed by atoms with Crippen LogP contribution in [-0.2, 0) is 4.79 Å². The van der Waals surface area contributed by atoms with Crippen molar-refractivity contribution >= 4 is 39.8 Å². The Labute approximate surface area is 162 Å². The lowest BCUT2D eigenvalue weighted by Crippen LogP contribution is -2.41. The second kappa shape index (κ2) is 9.23. The summed E-state index contributed by atoms with van der Waals surface area (Å²) in [5.41, 5.74) is 0.890. The van der Waals surface area contributed by atoms with Gasteiger partial charge in [-0.3, -0.25) is 4.79 Å². The molecule has 0 aliphatic heterocycles. The van der Waals surface area contributed by atoms with Crippen LogP contribution in [0.15, 0.2) is 28.6 Å². The maximum Gasteiger partial charge on any atom is 0.230 e. The van der Waals surface area contributed by atoms with Crippen molar-refractivity contribution < 1.29 is 9.53 Å². The summed E-state index contributed by atoms with van der Waals surface area (Å²) < 4.78 is 5.99. The first-order chi connectivity index (χ1) is 12.6. The summed E-state index contributed by atoms with van der Waals surface area (Å²) in [4.78, 5) is 12.2. The second-order valence-corrected chi connectivity index (χ2v) is 8.65. The molecule has 0 unspecified atom stereocenters. The van der Waals surface area contributed by atoms with E-state index in [9.17, 15) is 4.79 Å². The van der Waals surface area contributed by atoms with Gasteiger partial charge in [0.05, 0.1) is 12.9 Å². The van der Waals surface area contributed by atoms with Gasteiger partial charge in [-0.15, -0.1) is 10.2 Å². The lowest BCUT2D eigenvalue weighted by molar-refractivity contribution is -0.119. The number of amides is 1. The number of thioether (sulfide) groups is 1. The van der Waals surface area contributed by atoms with Crippen LogP contribution in [0.2, 0.25) is 0 Å². The van der Waals surface area contributed by atoms with Gasteiger partial charge in [0, 0.05) is 17.8 Å². The fraction of sp³-hybridized carbons (Fsp3) is 0.500. The molecule has 2 atom stereocenters. The average molecular weight is 393 g/mol. The highest BCUT2D eigenvalue weighted by atomic mass is 32.2. The number of rotatable bonds is 7. The minimum absolute atomic E-state index is 0.0752. The molecule has 3 rings (SSSR count). The highest BCUT2D eigenvalue weighted by Crippen LogP contribution is 2.29. The summed E-state index contributed by atoms with van der Waals surface area (Å²) in [7, 11) is 1.64. The molecule has 1 aromatic heterocycles. The van der Waals surface area contributed by atoms with E-state index in [1.54, 1.807) is 7.11 Å². The van der Waals surface area contributed by atoms with Gasteiger partial charge in [-0.2, -0.15) is 0 Å². The molecule has 140 valence electrons. The van der Waals surface area contributed by atoms with Gasteiger partial charge in [0.25, 0.3) is 0 Å². The molecule has 1 aliphatic carbocycles. The summed E-state index contributed by atoms with van der Waals surface area (Å²) in [6.45, 7) is 2.22. The van der Waals surface area contributed by atoms with Crippen molar-refractivity contribution in [3.63, 3.8) is 0 Å². The van der Waals surface area contributed by atoms with Gasteiger partial charge >= 0.3 is 0 Å². The van der Waals surface area contributed by atoms with E-state index in [2.05, 4.69) is 27.8 Å². The maximum absolute atomic E-state index is 12.2. The predicted molar refractivity (Wildman–Crippen MR) is 106 cm³/mol. The van der Waals surface area contributed by atoms with Gasteiger partial charge in [-0.05, 0) is 30.9 Å². The van der Waals surface area contributed by atoms with E-state index in [1.807, 2.05) is 24.3 Å². The Bertz CT molecular complexity index is 737. The number of hydrogen-bond donors (Lipinski definition) is 2. The lowest BCUT2D eigenvalue weighted by Gasteiger charge is -2.29. The molecule has 1 amide bonds. The van der Waals surface area contributed by atoms with E-state index < -0.39 is 0 Å². The Morgan fingerprint density at radius 1 is 1.35 bits per heavy atom. The van der Waals surface area contributed by atoms with Crippen molar-refractivity contribution in [1.82, 2.24) is 15.5 Å². The number of aromatic nitrogens is 2. The van der Waals surface area contributed by atoms with Crippen LogP contribution < -0.4 is 15.4 Å². The highest BCUT2D eigenvalue weighted by molar-refractivity contribution is 8.01. The quantitative estimate of drug-likeness (QED) is 0.692. The molecule has 2 aromatic rings. The molecule has 1 heterocycles. The van der Waals surface area contributed by atoms with Crippen molar-refractivity contribution in [1.29, 1.82) is 0 Å². The van der Waals surface area contributed by atoms with E-state index in [1.165, 1.54) is 42.4 Å². The van der Waals surface area contributed by atoms with Gasteiger partial charge in [0.15, 0.2) is 4.34 Å². The number of carbonyl (C=O) groups excluding carboxylic acids is 1. The minimum atomic E-state index is 0.0752. The zero-order valence-corrected chi connectivity index (χ0v) is 16.7. The number of carbonyl (C=O) groups is 1. The Kier molecular flexibility index (Phi) is 6.73. The third-order valence-corrected chi connectivity index (χ3v) is 6.48. The molecule has 8 heteroatoms. The second-order valence-electron chi connectivity index (χ2n) is 6.45. The van der Waals surface area contributed by atoms with Crippen LogP contribution in [0.25, 0.3) is 0 Å². The largest absolute Gasteiger partial charge is 0.497 e. The van der Waals surface area contributed by atoms with Gasteiger partial charge < -0.3 is 15.4 Å². The minimum Gasteiger partial charge on any atom is -0.497 e. The Morgan fingerprint density at radius 2 is 2.19 bits per heavy atom. The first-order valence-electron chi connectivity index (χ1n) is 8.81. The maximum atomic E-state index is 12.2. The van der Waals surface area contributed by atoms with Crippen molar-refractivity contribution in [2.75, 3.05) is 18.2 Å². The monoisotopic (exact) mass is 392 g/mol. The topological polar surface area (TPSA) is 76.1 Å². The van der Waals surface area contributed by atoms with Crippen LogP contribution in [0, 0.1) is 5.92 Å². The van der Waals surface area contributed by atoms with E-state index in [-0.39, 0.29) is 5.91 Å². The average Bonchev–Trinajstić information content (AvgIpc) is 3.09. The zero-order valence-electron chi connectivity index (χ0n) is 15.0. The molecule has 1 saturated carbocycles. The molecule has 1 aromatic carbocycles. The predicted octanol–water partition coefficient (Wildman–Crippen LogP) is 4.08. The fourth-order valence-electron chi connectivity index (χ4n) is 3.05. The molecule has 6 nitrogen and oxygen atoms in total. The van der Waals surface area contributed by atoms with Crippen LogP contribution in [0.5, 0.6) is 5.75 Å². The first kappa shape index (κ1) is 19.0. The van der Waals surface area contributed by atoms with Crippen LogP contribution in [-0.4, -0.2) is 35.0 Å². The third-order valence-electron chi connectivity index (χ3n) is 4.51. The van der Waals surface area contributed by atoms with Crippen molar-refractivity contribution in [3.05, 3.63) is 24.3 Å². The number of benzene rings is 1. The number of nitrogens with one attached hydrogen (secondary N) is 2. The van der Waals surface area contributed by atoms with E-state index in [0.717, 1.165) is 22.2 Å². The highest BCUT2D eigenvalue weighted by Gasteiger charge is 2.22. The third kappa shape index (κ3) is 5.35. The standard InChI is InChI=1S/C18H24N4O2S2/c1-12-6-3-4-9-15(12)20-16(23)11-25-18-22-21-17(26-18)19-13-7-5-8-14(10-13)24-2/h5,7-8,10,12,15H,3-4,6,9,11H2,1-2H3,(H,19,21)(H,20,23)/t12-,15-/m1/s1. The van der Waals surface area contributed by atoms with E-state index in [4.69, 9.17) is 4.74 Å². The zero-order chi connectivity index (χ0) is 18.4. The summed E-state index contributed by atoms with van der Waals surface area (Å²) in [5, 5.41) is 15.4. The van der Waals surface area contributed by atoms with Gasteiger partial charge in [0.1, 0.15) is 5.75 Å². The van der Waals surface area contributed by atoms with Crippen molar-refractivity contribution in [2.24, 2.45) is 5.92 Å². The van der Waals surface area contributed by atoms with Crippen LogP contribution in [0.3, 0.4) is 0 Å². The molecule has 0 spiro atoms. The van der Waals surface area contributed by atoms with Crippen LogP contribution in [0.4, 0.5) is 10.8 Å². The van der Waals surface area contributed by atoms with Gasteiger partial charge in [-0.1, -0.05) is 48.9 Å². The Balaban J connectivity index is 1.48. The first-order valence-corrected chi connectivity index (χ1v) is 10.6. The lowest BCUT2D eigenvalue weighted by atomic mass is 9.86. The summed E-state index contributed by atoms with van der Waals surface area (Å²) >= 11 is 2.86. The van der Waals surface area contributed by atoms with E-state index in [0.29, 0.717) is 22.8 Å². The molecule has 0 saturated heterocycles. The molecule has 1 fully saturated rings. The normalized spacial score (nSPS) is 19.8. The summed E-state index contributed by atoms with van der Waals surface area (Å²) in [6, 6.07) is 7.95. The molecular formula is C18H24N4O2S2. The Hall–Kier alpha value is -1.80. The Morgan fingerprint density at radius 3 is 3.00 bits per heavy atom. The molecule has 26 heavy (non-hydrogen) atoms. The summed E-state index contributed by atoms with van der Waals surface area (Å²) in [6.07, 6.45) is 4.77. The smallest absolute Gasteiger partial charge is 0.230 e. The van der Waals surface area contributed by atoms with Crippen LogP contribution in [0.1, 0.15) is 32.6 Å². The van der Waals surface area contributed by atoms with E-state index >= 15 is 0 Å². The van der Waals surface area contributed by atoms with Gasteiger partial charge in [-0.25, -0.2) is 0 Å². The number of nitrogens with zero attached hydrogens (tertiary/aromatic N) is 2. The molecule has 0 bridgehead atoms. The number of anilines is 2. The van der Waals surface area contributed by atoms with Crippen LogP contribution >= 0.6 is 23.1 Å². The van der Waals surface area contributed by atoms with Crippen molar-refractivity contribution in [3.8, 4) is 5.75 Å². The summed E-state index contributed by atoms with van der Waals surface area (Å²) in [5.74, 6) is 1.80. The SMILES string of the molecule is COc1cccc(Nc2nnc(SCC(=O)N[C@@H]3CCCC[C@H]3C)s2)c1.